The minimum absolute atomic E-state index is 0.174. The summed E-state index contributed by atoms with van der Waals surface area (Å²) >= 11 is 0. The molecule has 0 spiro atoms. The number of carbonyl (C=O) groups excluding carboxylic acids is 2. The quantitative estimate of drug-likeness (QED) is 0.461. The van der Waals surface area contributed by atoms with Crippen LogP contribution in [0.3, 0.4) is 0 Å². The first-order chi connectivity index (χ1) is 14.6. The van der Waals surface area contributed by atoms with E-state index in [1.54, 1.807) is 0 Å². The van der Waals surface area contributed by atoms with Gasteiger partial charge in [-0.1, -0.05) is 78.9 Å². The second kappa shape index (κ2) is 8.78. The van der Waals surface area contributed by atoms with Crippen molar-refractivity contribution >= 4 is 33.4 Å². The molecule has 4 nitrogen and oxygen atoms in total. The number of benzene rings is 4. The van der Waals surface area contributed by atoms with Crippen LogP contribution in [0, 0.1) is 0 Å². The van der Waals surface area contributed by atoms with Gasteiger partial charge in [0.25, 0.3) is 0 Å². The van der Waals surface area contributed by atoms with Gasteiger partial charge in [0.1, 0.15) is 6.04 Å². The lowest BCUT2D eigenvalue weighted by atomic mass is 9.92. The van der Waals surface area contributed by atoms with Crippen molar-refractivity contribution in [2.24, 2.45) is 5.73 Å². The van der Waals surface area contributed by atoms with Crippen molar-refractivity contribution in [3.05, 3.63) is 96.1 Å². The molecule has 2 amide bonds. The Kier molecular flexibility index (Phi) is 5.75. The van der Waals surface area contributed by atoms with Crippen molar-refractivity contribution in [2.75, 3.05) is 0 Å². The van der Waals surface area contributed by atoms with Crippen LogP contribution >= 0.6 is 0 Å². The molecular formula is C26H24N2O2. The molecule has 0 aliphatic rings. The Morgan fingerprint density at radius 1 is 0.800 bits per heavy atom. The third-order valence-electron chi connectivity index (χ3n) is 5.45. The summed E-state index contributed by atoms with van der Waals surface area (Å²) in [6, 6.07) is 27.4. The van der Waals surface area contributed by atoms with Gasteiger partial charge in [-0.2, -0.15) is 0 Å². The number of nitrogens with two attached hydrogens (primary N) is 1. The first-order valence-electron chi connectivity index (χ1n) is 10.1. The molecule has 4 heteroatoms. The van der Waals surface area contributed by atoms with Crippen LogP contribution in [0.25, 0.3) is 21.5 Å². The predicted molar refractivity (Wildman–Crippen MR) is 121 cm³/mol. The fourth-order valence-electron chi connectivity index (χ4n) is 3.92. The van der Waals surface area contributed by atoms with Gasteiger partial charge in [-0.3, -0.25) is 9.59 Å². The zero-order valence-electron chi connectivity index (χ0n) is 16.7. The number of amides is 2. The Hall–Kier alpha value is -3.66. The van der Waals surface area contributed by atoms with E-state index >= 15 is 0 Å². The average molecular weight is 396 g/mol. The predicted octanol–water partition coefficient (Wildman–Crippen LogP) is 4.14. The summed E-state index contributed by atoms with van der Waals surface area (Å²) in [5.74, 6) is -0.702. The smallest absolute Gasteiger partial charge is 0.240 e. The summed E-state index contributed by atoms with van der Waals surface area (Å²) in [6.07, 6.45) is 1.29. The van der Waals surface area contributed by atoms with Gasteiger partial charge in [-0.05, 0) is 45.2 Å². The minimum atomic E-state index is -0.762. The lowest BCUT2D eigenvalue weighted by Crippen LogP contribution is -2.46. The van der Waals surface area contributed by atoms with Crippen LogP contribution in [-0.4, -0.2) is 17.9 Å². The van der Waals surface area contributed by atoms with E-state index < -0.39 is 11.9 Å². The van der Waals surface area contributed by atoms with E-state index in [4.69, 9.17) is 5.73 Å². The average Bonchev–Trinajstić information content (AvgIpc) is 2.77. The standard InChI is InChI=1S/C26H24N2O2/c27-26(30)24(28-25(29)15-14-18-8-2-1-3-9-18)17-23-21-12-6-4-10-19(21)16-20-11-5-7-13-22(20)23/h1-13,16,24H,14-15,17H2,(H2,27,30)(H,28,29)/t24-/m1/s1. The highest BCUT2D eigenvalue weighted by Crippen LogP contribution is 2.29. The number of hydrogen-bond acceptors (Lipinski definition) is 2. The summed E-state index contributed by atoms with van der Waals surface area (Å²) in [5.41, 5.74) is 7.78. The lowest BCUT2D eigenvalue weighted by Gasteiger charge is -2.19. The molecule has 1 atom stereocenters. The molecule has 4 aromatic rings. The molecule has 0 heterocycles. The van der Waals surface area contributed by atoms with Gasteiger partial charge in [0, 0.05) is 12.8 Å². The highest BCUT2D eigenvalue weighted by Gasteiger charge is 2.21. The van der Waals surface area contributed by atoms with E-state index in [1.165, 1.54) is 0 Å². The number of hydrogen-bond donors (Lipinski definition) is 2. The first-order valence-corrected chi connectivity index (χ1v) is 10.1. The van der Waals surface area contributed by atoms with E-state index in [9.17, 15) is 9.59 Å². The molecule has 150 valence electrons. The van der Waals surface area contributed by atoms with Gasteiger partial charge in [-0.25, -0.2) is 0 Å². The maximum atomic E-state index is 12.5. The number of aryl methyl sites for hydroxylation is 1. The molecule has 0 unspecified atom stereocenters. The summed E-state index contributed by atoms with van der Waals surface area (Å²) in [7, 11) is 0. The van der Waals surface area contributed by atoms with Crippen molar-refractivity contribution in [3.63, 3.8) is 0 Å². The Morgan fingerprint density at radius 3 is 1.97 bits per heavy atom. The molecule has 4 rings (SSSR count). The molecule has 0 saturated carbocycles. The SMILES string of the molecule is NC(=O)[C@@H](Cc1c2ccccc2cc2ccccc12)NC(=O)CCc1ccccc1. The van der Waals surface area contributed by atoms with Crippen LogP contribution in [-0.2, 0) is 22.4 Å². The third-order valence-corrected chi connectivity index (χ3v) is 5.45. The molecule has 4 aromatic carbocycles. The first kappa shape index (κ1) is 19.6. The normalized spacial score (nSPS) is 12.0. The van der Waals surface area contributed by atoms with Crippen molar-refractivity contribution < 1.29 is 9.59 Å². The molecule has 0 aliphatic carbocycles. The van der Waals surface area contributed by atoms with Crippen LogP contribution in [0.2, 0.25) is 0 Å². The largest absolute Gasteiger partial charge is 0.368 e. The number of nitrogens with one attached hydrogen (secondary N) is 1. The summed E-state index contributed by atoms with van der Waals surface area (Å²) < 4.78 is 0. The molecule has 0 aromatic heterocycles. The monoisotopic (exact) mass is 396 g/mol. The van der Waals surface area contributed by atoms with E-state index in [0.717, 1.165) is 32.7 Å². The van der Waals surface area contributed by atoms with Crippen LogP contribution in [0.5, 0.6) is 0 Å². The molecule has 0 bridgehead atoms. The van der Waals surface area contributed by atoms with E-state index in [-0.39, 0.29) is 5.91 Å². The summed E-state index contributed by atoms with van der Waals surface area (Å²) in [6.45, 7) is 0. The van der Waals surface area contributed by atoms with E-state index in [2.05, 4.69) is 23.5 Å². The van der Waals surface area contributed by atoms with Crippen molar-refractivity contribution in [2.45, 2.75) is 25.3 Å². The Labute approximate surface area is 175 Å². The van der Waals surface area contributed by atoms with Gasteiger partial charge in [-0.15, -0.1) is 0 Å². The number of primary amides is 1. The zero-order valence-corrected chi connectivity index (χ0v) is 16.7. The van der Waals surface area contributed by atoms with E-state index in [1.807, 2.05) is 66.7 Å². The molecular weight excluding hydrogens is 372 g/mol. The second-order valence-corrected chi connectivity index (χ2v) is 7.51. The van der Waals surface area contributed by atoms with Crippen molar-refractivity contribution in [1.29, 1.82) is 0 Å². The fraction of sp³-hybridized carbons (Fsp3) is 0.154. The topological polar surface area (TPSA) is 72.2 Å². The van der Waals surface area contributed by atoms with Crippen LogP contribution < -0.4 is 11.1 Å². The highest BCUT2D eigenvalue weighted by atomic mass is 16.2. The van der Waals surface area contributed by atoms with Gasteiger partial charge in [0.05, 0.1) is 0 Å². The Morgan fingerprint density at radius 2 is 1.37 bits per heavy atom. The van der Waals surface area contributed by atoms with Crippen LogP contribution in [0.4, 0.5) is 0 Å². The van der Waals surface area contributed by atoms with Gasteiger partial charge < -0.3 is 11.1 Å². The minimum Gasteiger partial charge on any atom is -0.368 e. The fourth-order valence-corrected chi connectivity index (χ4v) is 3.92. The molecule has 0 fully saturated rings. The number of carbonyl (C=O) groups is 2. The van der Waals surface area contributed by atoms with Gasteiger partial charge in [0.15, 0.2) is 0 Å². The zero-order chi connectivity index (χ0) is 20.9. The maximum Gasteiger partial charge on any atom is 0.240 e. The Balaban J connectivity index is 1.59. The third kappa shape index (κ3) is 4.33. The number of fused-ring (bicyclic) bond motifs is 2. The highest BCUT2D eigenvalue weighted by molar-refractivity contribution is 6.03. The number of rotatable bonds is 7. The second-order valence-electron chi connectivity index (χ2n) is 7.51. The molecule has 3 N–H and O–H groups in total. The Bertz CT molecular complexity index is 1150. The van der Waals surface area contributed by atoms with Crippen molar-refractivity contribution in [3.8, 4) is 0 Å². The van der Waals surface area contributed by atoms with Gasteiger partial charge in [0.2, 0.25) is 11.8 Å². The molecule has 0 radical (unpaired) electrons. The van der Waals surface area contributed by atoms with Gasteiger partial charge >= 0.3 is 0 Å². The maximum absolute atomic E-state index is 12.5. The summed E-state index contributed by atoms with van der Waals surface area (Å²) in [5, 5.41) is 7.20. The lowest BCUT2D eigenvalue weighted by molar-refractivity contribution is -0.127. The van der Waals surface area contributed by atoms with Crippen molar-refractivity contribution in [1.82, 2.24) is 5.32 Å². The summed E-state index contributed by atoms with van der Waals surface area (Å²) in [4.78, 5) is 24.7. The molecule has 30 heavy (non-hydrogen) atoms. The molecule has 0 saturated heterocycles. The molecule has 0 aliphatic heterocycles. The van der Waals surface area contributed by atoms with Crippen LogP contribution in [0.1, 0.15) is 17.5 Å². The van der Waals surface area contributed by atoms with Crippen LogP contribution in [0.15, 0.2) is 84.9 Å². The van der Waals surface area contributed by atoms with E-state index in [0.29, 0.717) is 19.3 Å².